The first kappa shape index (κ1) is 29.8. The topological polar surface area (TPSA) is 157 Å². The van der Waals surface area contributed by atoms with Crippen LogP contribution >= 0.6 is 0 Å². The van der Waals surface area contributed by atoms with Crippen LogP contribution in [0.4, 0.5) is 31.9 Å². The second kappa shape index (κ2) is 12.8. The highest BCUT2D eigenvalue weighted by Gasteiger charge is 2.32. The van der Waals surface area contributed by atoms with Crippen LogP contribution in [0.3, 0.4) is 0 Å². The van der Waals surface area contributed by atoms with Crippen molar-refractivity contribution in [2.75, 3.05) is 48.6 Å². The summed E-state index contributed by atoms with van der Waals surface area (Å²) in [4.78, 5) is 28.5. The van der Waals surface area contributed by atoms with Crippen LogP contribution in [0.1, 0.15) is 48.9 Å². The highest BCUT2D eigenvalue weighted by molar-refractivity contribution is 5.72. The Morgan fingerprint density at radius 1 is 0.778 bits per heavy atom. The minimum atomic E-state index is -0.382. The van der Waals surface area contributed by atoms with Crippen molar-refractivity contribution in [2.45, 2.75) is 37.8 Å². The quantitative estimate of drug-likeness (QED) is 0.237. The number of nitrogens with one attached hydrogen (secondary N) is 1. The van der Waals surface area contributed by atoms with Gasteiger partial charge in [0.15, 0.2) is 5.65 Å². The van der Waals surface area contributed by atoms with E-state index in [1.165, 1.54) is 25.4 Å². The third kappa shape index (κ3) is 6.08. The molecule has 2 aliphatic heterocycles. The van der Waals surface area contributed by atoms with Crippen molar-refractivity contribution < 1.29 is 18.3 Å². The molecule has 2 fully saturated rings. The van der Waals surface area contributed by atoms with E-state index in [0.29, 0.717) is 28.9 Å². The first-order chi connectivity index (χ1) is 21.9. The van der Waals surface area contributed by atoms with Crippen LogP contribution in [0.15, 0.2) is 55.1 Å². The summed E-state index contributed by atoms with van der Waals surface area (Å²) in [6.07, 6.45) is 7.70. The summed E-state index contributed by atoms with van der Waals surface area (Å²) >= 11 is 0. The predicted octanol–water partition coefficient (Wildman–Crippen LogP) is 4.97. The Kier molecular flexibility index (Phi) is 8.45. The second-order valence-corrected chi connectivity index (χ2v) is 10.8. The van der Waals surface area contributed by atoms with Gasteiger partial charge in [-0.3, -0.25) is 0 Å². The first-order valence-corrected chi connectivity index (χ1v) is 14.6. The predicted molar refractivity (Wildman–Crippen MR) is 167 cm³/mol. The van der Waals surface area contributed by atoms with Crippen molar-refractivity contribution in [2.24, 2.45) is 0 Å². The van der Waals surface area contributed by atoms with Crippen LogP contribution in [0.2, 0.25) is 0 Å². The molecule has 0 aromatic carbocycles. The Morgan fingerprint density at radius 2 is 1.33 bits per heavy atom. The Hall–Kier alpha value is -5.27. The number of H-pyrrole nitrogens is 1. The molecule has 0 radical (unpaired) electrons. The molecular weight excluding hydrogens is 582 g/mol. The summed E-state index contributed by atoms with van der Waals surface area (Å²) < 4.78 is 37.8. The van der Waals surface area contributed by atoms with Crippen molar-refractivity contribution in [3.8, 4) is 11.8 Å². The number of hydrogen-bond donors (Lipinski definition) is 3. The number of pyridine rings is 4. The van der Waals surface area contributed by atoms with Gasteiger partial charge in [-0.25, -0.2) is 33.7 Å². The molecule has 0 spiro atoms. The molecule has 2 saturated heterocycles. The van der Waals surface area contributed by atoms with Crippen molar-refractivity contribution >= 4 is 34.3 Å². The number of methoxy groups -OCH3 is 2. The summed E-state index contributed by atoms with van der Waals surface area (Å²) in [6.45, 7) is 1.66. The molecule has 0 bridgehead atoms. The highest BCUT2D eigenvalue weighted by atomic mass is 19.1. The minimum absolute atomic E-state index is 0.00274. The van der Waals surface area contributed by atoms with Crippen LogP contribution in [-0.2, 0) is 0 Å². The van der Waals surface area contributed by atoms with Gasteiger partial charge in [0.05, 0.1) is 56.2 Å². The highest BCUT2D eigenvalue weighted by Crippen LogP contribution is 2.40. The fraction of sp³-hybridized carbons (Fsp3) is 0.323. The van der Waals surface area contributed by atoms with E-state index in [1.807, 2.05) is 18.2 Å². The Labute approximate surface area is 258 Å². The molecule has 7 rings (SSSR count). The van der Waals surface area contributed by atoms with Crippen molar-refractivity contribution in [3.05, 3.63) is 77.9 Å². The lowest BCUT2D eigenvalue weighted by molar-refractivity contribution is 0.385. The smallest absolute Gasteiger partial charge is 0.218 e. The molecule has 0 amide bonds. The lowest BCUT2D eigenvalue weighted by atomic mass is 10.1. The maximum absolute atomic E-state index is 13.7. The van der Waals surface area contributed by atoms with Crippen molar-refractivity contribution in [1.82, 2.24) is 29.9 Å². The second-order valence-electron chi connectivity index (χ2n) is 10.8. The van der Waals surface area contributed by atoms with Crippen LogP contribution in [0.25, 0.3) is 11.2 Å². The number of aromatic nitrogens is 6. The van der Waals surface area contributed by atoms with Crippen molar-refractivity contribution in [1.29, 1.82) is 0 Å². The molecule has 5 aromatic heterocycles. The Bertz CT molecular complexity index is 1800. The first-order valence-electron chi connectivity index (χ1n) is 14.6. The van der Waals surface area contributed by atoms with E-state index in [1.54, 1.807) is 19.5 Å². The van der Waals surface area contributed by atoms with E-state index in [2.05, 4.69) is 39.7 Å². The van der Waals surface area contributed by atoms with Gasteiger partial charge in [0.2, 0.25) is 11.8 Å². The summed E-state index contributed by atoms with van der Waals surface area (Å²) in [5.41, 5.74) is 15.0. The number of ether oxygens (including phenoxy) is 2. The number of anilines is 4. The number of nitrogens with two attached hydrogens (primary N) is 2. The number of aromatic amines is 1. The molecule has 12 nitrogen and oxygen atoms in total. The number of nitrogen functional groups attached to an aromatic ring is 2. The molecule has 2 aliphatic rings. The average molecular weight is 617 g/mol. The van der Waals surface area contributed by atoms with Gasteiger partial charge >= 0.3 is 0 Å². The monoisotopic (exact) mass is 616 g/mol. The standard InChI is InChI=1S/C16H16FN5O.C15H18FN5O/c1-23-16-11(7-10(17)8-18-16)13-3-2-6-22(13)14-5-4-12-15(21-14)20-9-19-12;1-22-15-10(7-9(16)8-19-15)12-3-2-6-21(12)13-5-4-11(17)14(18)20-13/h4-5,7-9,13H,2-3,6H2,1H3,(H,19,20,21);4-5,7-8,12H,2-3,6,17H2,1H3,(H2,18,20). The number of imidazole rings is 1. The Balaban J connectivity index is 0.000000159. The van der Waals surface area contributed by atoms with Crippen LogP contribution in [-0.4, -0.2) is 57.2 Å². The van der Waals surface area contributed by atoms with Gasteiger partial charge in [-0.05, 0) is 62.1 Å². The molecular formula is C31H34F2N10O2. The van der Waals surface area contributed by atoms with Crippen LogP contribution in [0, 0.1) is 11.6 Å². The maximum Gasteiger partial charge on any atom is 0.218 e. The van der Waals surface area contributed by atoms with E-state index < -0.39 is 0 Å². The van der Waals surface area contributed by atoms with Gasteiger partial charge in [-0.15, -0.1) is 0 Å². The zero-order valence-electron chi connectivity index (χ0n) is 25.0. The van der Waals surface area contributed by atoms with Gasteiger partial charge in [0.25, 0.3) is 0 Å². The summed E-state index contributed by atoms with van der Waals surface area (Å²) in [6, 6.07) is 10.4. The number of hydrogen-bond acceptors (Lipinski definition) is 11. The number of fused-ring (bicyclic) bond motifs is 1. The molecule has 0 aliphatic carbocycles. The van der Waals surface area contributed by atoms with Gasteiger partial charge in [0, 0.05) is 24.2 Å². The number of halogens is 2. The molecule has 2 unspecified atom stereocenters. The van der Waals surface area contributed by atoms with E-state index >= 15 is 0 Å². The summed E-state index contributed by atoms with van der Waals surface area (Å²) in [7, 11) is 3.08. The molecule has 14 heteroatoms. The molecule has 234 valence electrons. The zero-order chi connectivity index (χ0) is 31.5. The van der Waals surface area contributed by atoms with Gasteiger partial charge < -0.3 is 35.7 Å². The summed E-state index contributed by atoms with van der Waals surface area (Å²) in [5.74, 6) is 2.01. The normalized spacial score (nSPS) is 17.8. The molecule has 5 aromatic rings. The van der Waals surface area contributed by atoms with Gasteiger partial charge in [0.1, 0.15) is 29.1 Å². The largest absolute Gasteiger partial charge is 0.481 e. The van der Waals surface area contributed by atoms with Gasteiger partial charge in [-0.1, -0.05) is 0 Å². The van der Waals surface area contributed by atoms with Crippen LogP contribution < -0.4 is 30.7 Å². The molecule has 45 heavy (non-hydrogen) atoms. The molecule has 0 saturated carbocycles. The number of nitrogens with zero attached hydrogens (tertiary/aromatic N) is 7. The van der Waals surface area contributed by atoms with E-state index in [-0.39, 0.29) is 23.7 Å². The van der Waals surface area contributed by atoms with E-state index in [4.69, 9.17) is 20.9 Å². The lowest BCUT2D eigenvalue weighted by Crippen LogP contribution is -2.24. The van der Waals surface area contributed by atoms with Gasteiger partial charge in [-0.2, -0.15) is 0 Å². The third-order valence-corrected chi connectivity index (χ3v) is 8.10. The molecule has 5 N–H and O–H groups in total. The third-order valence-electron chi connectivity index (χ3n) is 8.10. The Morgan fingerprint density at radius 3 is 1.89 bits per heavy atom. The maximum atomic E-state index is 13.7. The van der Waals surface area contributed by atoms with Crippen molar-refractivity contribution in [3.63, 3.8) is 0 Å². The van der Waals surface area contributed by atoms with E-state index in [0.717, 1.165) is 73.2 Å². The minimum Gasteiger partial charge on any atom is -0.481 e. The average Bonchev–Trinajstić information content (AvgIpc) is 3.83. The SMILES string of the molecule is COc1ncc(F)cc1C1CCCN1c1ccc(N)c(N)n1.COc1ncc(F)cc1C1CCCN1c1ccc2[nH]cnc2n1. The molecule has 7 heterocycles. The fourth-order valence-electron chi connectivity index (χ4n) is 6.04. The number of rotatable bonds is 6. The molecule has 2 atom stereocenters. The summed E-state index contributed by atoms with van der Waals surface area (Å²) in [5, 5.41) is 0. The van der Waals surface area contributed by atoms with Crippen LogP contribution in [0.5, 0.6) is 11.8 Å². The fourth-order valence-corrected chi connectivity index (χ4v) is 6.04. The zero-order valence-corrected chi connectivity index (χ0v) is 25.0. The van der Waals surface area contributed by atoms with E-state index in [9.17, 15) is 8.78 Å². The lowest BCUT2D eigenvalue weighted by Gasteiger charge is -2.27.